The Morgan fingerprint density at radius 1 is 1.25 bits per heavy atom. The third-order valence-corrected chi connectivity index (χ3v) is 5.23. The van der Waals surface area contributed by atoms with E-state index in [2.05, 4.69) is 16.8 Å². The van der Waals surface area contributed by atoms with Crippen LogP contribution in [0.15, 0.2) is 12.1 Å². The standard InChI is InChI=1S/C15H21Cl2N3/c1-19-4-2-11(3-5-19)20-9-13-12(15(20)8-18)6-10(16)7-14(13)17/h6-7,11,15H,2-5,8-9,18H2,1H3. The zero-order valence-corrected chi connectivity index (χ0v) is 13.3. The van der Waals surface area contributed by atoms with E-state index in [0.717, 1.165) is 24.7 Å². The monoisotopic (exact) mass is 313 g/mol. The summed E-state index contributed by atoms with van der Waals surface area (Å²) in [6.45, 7) is 3.84. The number of rotatable bonds is 2. The van der Waals surface area contributed by atoms with Crippen LogP contribution >= 0.6 is 23.2 Å². The van der Waals surface area contributed by atoms with Gasteiger partial charge in [-0.2, -0.15) is 0 Å². The third kappa shape index (κ3) is 2.58. The number of benzene rings is 1. The molecule has 2 aliphatic heterocycles. The molecule has 2 N–H and O–H groups in total. The molecule has 5 heteroatoms. The Labute approximate surface area is 130 Å². The van der Waals surface area contributed by atoms with Crippen molar-refractivity contribution in [3.8, 4) is 0 Å². The maximum Gasteiger partial charge on any atom is 0.0481 e. The van der Waals surface area contributed by atoms with Gasteiger partial charge in [-0.1, -0.05) is 23.2 Å². The number of piperidine rings is 1. The first-order valence-electron chi connectivity index (χ1n) is 7.22. The molecule has 0 radical (unpaired) electrons. The molecule has 20 heavy (non-hydrogen) atoms. The fourth-order valence-electron chi connectivity index (χ4n) is 3.53. The van der Waals surface area contributed by atoms with Gasteiger partial charge in [0.25, 0.3) is 0 Å². The highest BCUT2D eigenvalue weighted by atomic mass is 35.5. The molecule has 3 rings (SSSR count). The molecule has 110 valence electrons. The first kappa shape index (κ1) is 14.6. The average Bonchev–Trinajstić information content (AvgIpc) is 2.78. The summed E-state index contributed by atoms with van der Waals surface area (Å²) in [5.41, 5.74) is 8.47. The van der Waals surface area contributed by atoms with Crippen LogP contribution in [-0.2, 0) is 6.54 Å². The zero-order valence-electron chi connectivity index (χ0n) is 11.8. The van der Waals surface area contributed by atoms with Crippen LogP contribution in [-0.4, -0.2) is 42.5 Å². The van der Waals surface area contributed by atoms with Crippen molar-refractivity contribution < 1.29 is 0 Å². The lowest BCUT2D eigenvalue weighted by atomic mass is 10.0. The molecule has 3 nitrogen and oxygen atoms in total. The molecule has 1 atom stereocenters. The van der Waals surface area contributed by atoms with Crippen molar-refractivity contribution in [2.24, 2.45) is 5.73 Å². The van der Waals surface area contributed by atoms with Crippen molar-refractivity contribution in [2.75, 3.05) is 26.7 Å². The lowest BCUT2D eigenvalue weighted by Crippen LogP contribution is -2.44. The Kier molecular flexibility index (Phi) is 4.25. The second kappa shape index (κ2) is 5.82. The van der Waals surface area contributed by atoms with Gasteiger partial charge >= 0.3 is 0 Å². The van der Waals surface area contributed by atoms with Crippen LogP contribution in [0, 0.1) is 0 Å². The summed E-state index contributed by atoms with van der Waals surface area (Å²) in [4.78, 5) is 4.92. The Bertz CT molecular complexity index is 498. The molecule has 1 aromatic carbocycles. The highest BCUT2D eigenvalue weighted by Crippen LogP contribution is 2.41. The van der Waals surface area contributed by atoms with E-state index in [4.69, 9.17) is 28.9 Å². The number of hydrogen-bond acceptors (Lipinski definition) is 3. The van der Waals surface area contributed by atoms with Gasteiger partial charge in [0.15, 0.2) is 0 Å². The van der Waals surface area contributed by atoms with E-state index in [1.807, 2.05) is 12.1 Å². The number of fused-ring (bicyclic) bond motifs is 1. The van der Waals surface area contributed by atoms with Gasteiger partial charge in [-0.3, -0.25) is 4.90 Å². The number of nitrogens with two attached hydrogens (primary N) is 1. The van der Waals surface area contributed by atoms with Crippen LogP contribution in [0.2, 0.25) is 10.0 Å². The molecular weight excluding hydrogens is 293 g/mol. The van der Waals surface area contributed by atoms with Gasteiger partial charge in [0.2, 0.25) is 0 Å². The molecular formula is C15H21Cl2N3. The summed E-state index contributed by atoms with van der Waals surface area (Å²) in [6.07, 6.45) is 2.40. The lowest BCUT2D eigenvalue weighted by Gasteiger charge is -2.38. The molecule has 2 heterocycles. The number of halogens is 2. The van der Waals surface area contributed by atoms with Crippen LogP contribution in [0.5, 0.6) is 0 Å². The lowest BCUT2D eigenvalue weighted by molar-refractivity contribution is 0.0908. The van der Waals surface area contributed by atoms with Crippen molar-refractivity contribution >= 4 is 23.2 Å². The largest absolute Gasteiger partial charge is 0.329 e. The third-order valence-electron chi connectivity index (χ3n) is 4.68. The Balaban J connectivity index is 1.87. The zero-order chi connectivity index (χ0) is 14.3. The first-order chi connectivity index (χ1) is 9.60. The van der Waals surface area contributed by atoms with Gasteiger partial charge in [0.1, 0.15) is 0 Å². The maximum atomic E-state index is 6.36. The van der Waals surface area contributed by atoms with Gasteiger partial charge in [-0.05, 0) is 56.2 Å². The van der Waals surface area contributed by atoms with Gasteiger partial charge in [0, 0.05) is 35.2 Å². The second-order valence-corrected chi connectivity index (χ2v) is 6.76. The molecule has 0 aromatic heterocycles. The van der Waals surface area contributed by atoms with Crippen molar-refractivity contribution in [2.45, 2.75) is 31.5 Å². The van der Waals surface area contributed by atoms with Crippen LogP contribution in [0.25, 0.3) is 0 Å². The molecule has 1 aromatic rings. The highest BCUT2D eigenvalue weighted by molar-refractivity contribution is 6.35. The average molecular weight is 314 g/mol. The van der Waals surface area contributed by atoms with E-state index in [1.54, 1.807) is 0 Å². The fraction of sp³-hybridized carbons (Fsp3) is 0.600. The van der Waals surface area contributed by atoms with E-state index in [0.29, 0.717) is 17.6 Å². The molecule has 1 unspecified atom stereocenters. The van der Waals surface area contributed by atoms with Crippen molar-refractivity contribution in [3.05, 3.63) is 33.3 Å². The Morgan fingerprint density at radius 2 is 1.95 bits per heavy atom. The predicted molar refractivity (Wildman–Crippen MR) is 84.3 cm³/mol. The highest BCUT2D eigenvalue weighted by Gasteiger charge is 2.36. The molecule has 2 aliphatic rings. The summed E-state index contributed by atoms with van der Waals surface area (Å²) >= 11 is 12.5. The van der Waals surface area contributed by atoms with E-state index in [1.165, 1.54) is 24.0 Å². The normalized spacial score (nSPS) is 25.1. The van der Waals surface area contributed by atoms with E-state index < -0.39 is 0 Å². The van der Waals surface area contributed by atoms with Gasteiger partial charge in [0.05, 0.1) is 0 Å². The summed E-state index contributed by atoms with van der Waals surface area (Å²) in [7, 11) is 2.19. The molecule has 0 aliphatic carbocycles. The van der Waals surface area contributed by atoms with Crippen molar-refractivity contribution in [3.63, 3.8) is 0 Å². The van der Waals surface area contributed by atoms with E-state index in [-0.39, 0.29) is 6.04 Å². The number of likely N-dealkylation sites (tertiary alicyclic amines) is 1. The topological polar surface area (TPSA) is 32.5 Å². The minimum absolute atomic E-state index is 0.259. The van der Waals surface area contributed by atoms with E-state index in [9.17, 15) is 0 Å². The molecule has 0 spiro atoms. The molecule has 1 fully saturated rings. The van der Waals surface area contributed by atoms with Gasteiger partial charge in [-0.15, -0.1) is 0 Å². The first-order valence-corrected chi connectivity index (χ1v) is 7.98. The Morgan fingerprint density at radius 3 is 2.60 bits per heavy atom. The molecule has 0 bridgehead atoms. The van der Waals surface area contributed by atoms with Gasteiger partial charge in [-0.25, -0.2) is 0 Å². The summed E-state index contributed by atoms with van der Waals surface area (Å²) in [5, 5.41) is 1.49. The molecule has 0 amide bonds. The van der Waals surface area contributed by atoms with Crippen LogP contribution in [0.4, 0.5) is 0 Å². The van der Waals surface area contributed by atoms with Crippen LogP contribution < -0.4 is 5.73 Å². The van der Waals surface area contributed by atoms with Crippen LogP contribution in [0.3, 0.4) is 0 Å². The summed E-state index contributed by atoms with van der Waals surface area (Å²) in [5.74, 6) is 0. The van der Waals surface area contributed by atoms with Crippen LogP contribution in [0.1, 0.15) is 30.0 Å². The fourth-order valence-corrected chi connectivity index (χ4v) is 4.10. The smallest absolute Gasteiger partial charge is 0.0481 e. The predicted octanol–water partition coefficient (Wildman–Crippen LogP) is 2.90. The van der Waals surface area contributed by atoms with Crippen molar-refractivity contribution in [1.82, 2.24) is 9.80 Å². The van der Waals surface area contributed by atoms with Crippen molar-refractivity contribution in [1.29, 1.82) is 0 Å². The Hall–Kier alpha value is -0.320. The summed E-state index contributed by atoms with van der Waals surface area (Å²) < 4.78 is 0. The second-order valence-electron chi connectivity index (χ2n) is 5.91. The molecule has 1 saturated heterocycles. The van der Waals surface area contributed by atoms with Gasteiger partial charge < -0.3 is 10.6 Å². The quantitative estimate of drug-likeness (QED) is 0.911. The molecule has 0 saturated carbocycles. The minimum atomic E-state index is 0.259. The number of nitrogens with zero attached hydrogens (tertiary/aromatic N) is 2. The maximum absolute atomic E-state index is 6.36. The summed E-state index contributed by atoms with van der Waals surface area (Å²) in [6, 6.07) is 4.74. The SMILES string of the molecule is CN1CCC(N2Cc3c(Cl)cc(Cl)cc3C2CN)CC1. The number of hydrogen-bond donors (Lipinski definition) is 1. The minimum Gasteiger partial charge on any atom is -0.329 e. The van der Waals surface area contributed by atoms with E-state index >= 15 is 0 Å².